The summed E-state index contributed by atoms with van der Waals surface area (Å²) in [5.74, 6) is 0.0219. The number of aromatic amines is 1. The zero-order valence-corrected chi connectivity index (χ0v) is 11.5. The minimum atomic E-state index is -3.92. The third-order valence-electron chi connectivity index (χ3n) is 2.37. The standard InChI is InChI=1S/C10H11ClN4O3S/c1-6-9(8(5-16)14-13-6)19(17,18)15-10-7(11)3-2-4-12-10/h2-4,16H,5H2,1H3,(H,12,15)(H,13,14). The Morgan fingerprint density at radius 1 is 1.53 bits per heavy atom. The molecule has 0 aliphatic rings. The maximum absolute atomic E-state index is 12.2. The van der Waals surface area contributed by atoms with Crippen LogP contribution in [0.4, 0.5) is 5.82 Å². The third-order valence-corrected chi connectivity index (χ3v) is 4.22. The molecule has 3 N–H and O–H groups in total. The topological polar surface area (TPSA) is 108 Å². The van der Waals surface area contributed by atoms with Crippen molar-refractivity contribution in [3.63, 3.8) is 0 Å². The van der Waals surface area contributed by atoms with E-state index >= 15 is 0 Å². The van der Waals surface area contributed by atoms with Crippen LogP contribution in [0.5, 0.6) is 0 Å². The van der Waals surface area contributed by atoms with Gasteiger partial charge in [-0.3, -0.25) is 9.82 Å². The molecule has 0 saturated carbocycles. The summed E-state index contributed by atoms with van der Waals surface area (Å²) in [4.78, 5) is 3.74. The van der Waals surface area contributed by atoms with E-state index in [1.807, 2.05) is 0 Å². The largest absolute Gasteiger partial charge is 0.390 e. The lowest BCUT2D eigenvalue weighted by molar-refractivity contribution is 0.273. The lowest BCUT2D eigenvalue weighted by atomic mass is 10.4. The number of aliphatic hydroxyl groups excluding tert-OH is 1. The van der Waals surface area contributed by atoms with E-state index in [-0.39, 0.29) is 21.4 Å². The minimum Gasteiger partial charge on any atom is -0.390 e. The number of pyridine rings is 1. The number of H-pyrrole nitrogens is 1. The summed E-state index contributed by atoms with van der Waals surface area (Å²) < 4.78 is 26.7. The van der Waals surface area contributed by atoms with Gasteiger partial charge in [-0.1, -0.05) is 11.6 Å². The Hall–Kier alpha value is -1.64. The Morgan fingerprint density at radius 3 is 2.89 bits per heavy atom. The average Bonchev–Trinajstić information content (AvgIpc) is 2.74. The van der Waals surface area contributed by atoms with Crippen molar-refractivity contribution in [2.45, 2.75) is 18.4 Å². The number of hydrogen-bond donors (Lipinski definition) is 3. The maximum Gasteiger partial charge on any atom is 0.266 e. The van der Waals surface area contributed by atoms with Crippen molar-refractivity contribution < 1.29 is 13.5 Å². The Bertz CT molecular complexity index is 699. The zero-order valence-electron chi connectivity index (χ0n) is 9.88. The molecule has 0 unspecified atom stereocenters. The lowest BCUT2D eigenvalue weighted by Gasteiger charge is -2.08. The normalized spacial score (nSPS) is 11.5. The quantitative estimate of drug-likeness (QED) is 0.782. The molecular formula is C10H11ClN4O3S. The van der Waals surface area contributed by atoms with E-state index in [9.17, 15) is 8.42 Å². The second-order valence-electron chi connectivity index (χ2n) is 3.72. The molecule has 0 amide bonds. The summed E-state index contributed by atoms with van der Waals surface area (Å²) in [5, 5.41) is 15.5. The average molecular weight is 303 g/mol. The van der Waals surface area contributed by atoms with E-state index < -0.39 is 16.6 Å². The van der Waals surface area contributed by atoms with E-state index in [1.54, 1.807) is 13.0 Å². The van der Waals surface area contributed by atoms with Crippen LogP contribution < -0.4 is 4.72 Å². The first-order valence-corrected chi connectivity index (χ1v) is 7.10. The van der Waals surface area contributed by atoms with Crippen LogP contribution in [0.25, 0.3) is 0 Å². The number of nitrogens with one attached hydrogen (secondary N) is 2. The van der Waals surface area contributed by atoms with Crippen LogP contribution in [-0.4, -0.2) is 28.7 Å². The Balaban J connectivity index is 2.44. The van der Waals surface area contributed by atoms with Gasteiger partial charge in [0, 0.05) is 6.20 Å². The molecule has 7 nitrogen and oxygen atoms in total. The van der Waals surface area contributed by atoms with Gasteiger partial charge in [0.25, 0.3) is 10.0 Å². The van der Waals surface area contributed by atoms with E-state index in [4.69, 9.17) is 16.7 Å². The van der Waals surface area contributed by atoms with Gasteiger partial charge < -0.3 is 5.11 Å². The summed E-state index contributed by atoms with van der Waals surface area (Å²) in [5.41, 5.74) is 0.362. The first kappa shape index (κ1) is 13.8. The van der Waals surface area contributed by atoms with Crippen molar-refractivity contribution in [2.75, 3.05) is 4.72 Å². The van der Waals surface area contributed by atoms with Gasteiger partial charge in [0.15, 0.2) is 5.82 Å². The van der Waals surface area contributed by atoms with E-state index in [0.29, 0.717) is 5.69 Å². The molecule has 2 aromatic rings. The van der Waals surface area contributed by atoms with Crippen molar-refractivity contribution in [1.82, 2.24) is 15.2 Å². The van der Waals surface area contributed by atoms with Gasteiger partial charge in [0.05, 0.1) is 17.3 Å². The van der Waals surface area contributed by atoms with Gasteiger partial charge in [-0.2, -0.15) is 5.10 Å². The number of anilines is 1. The molecule has 2 aromatic heterocycles. The van der Waals surface area contributed by atoms with Crippen LogP contribution in [0.2, 0.25) is 5.02 Å². The van der Waals surface area contributed by atoms with Crippen molar-refractivity contribution in [3.05, 3.63) is 34.7 Å². The Morgan fingerprint density at radius 2 is 2.26 bits per heavy atom. The predicted molar refractivity (Wildman–Crippen MR) is 69.3 cm³/mol. The number of aliphatic hydroxyl groups is 1. The summed E-state index contributed by atoms with van der Waals surface area (Å²) >= 11 is 5.84. The first-order valence-electron chi connectivity index (χ1n) is 5.23. The third kappa shape index (κ3) is 2.70. The molecule has 102 valence electrons. The molecule has 0 fully saturated rings. The highest BCUT2D eigenvalue weighted by Gasteiger charge is 2.25. The van der Waals surface area contributed by atoms with Gasteiger partial charge in [-0.25, -0.2) is 13.4 Å². The number of halogens is 1. The summed E-state index contributed by atoms with van der Waals surface area (Å²) in [7, 11) is -3.92. The van der Waals surface area contributed by atoms with Crippen molar-refractivity contribution in [3.8, 4) is 0 Å². The van der Waals surface area contributed by atoms with Crippen LogP contribution >= 0.6 is 11.6 Å². The van der Waals surface area contributed by atoms with Gasteiger partial charge in [0.2, 0.25) is 0 Å². The lowest BCUT2D eigenvalue weighted by Crippen LogP contribution is -2.16. The van der Waals surface area contributed by atoms with E-state index in [0.717, 1.165) is 0 Å². The number of nitrogens with zero attached hydrogens (tertiary/aromatic N) is 2. The van der Waals surface area contributed by atoms with E-state index in [1.165, 1.54) is 12.3 Å². The van der Waals surface area contributed by atoms with Crippen LogP contribution in [0.3, 0.4) is 0 Å². The molecule has 9 heteroatoms. The number of aryl methyl sites for hydroxylation is 1. The number of hydrogen-bond acceptors (Lipinski definition) is 5. The highest BCUT2D eigenvalue weighted by molar-refractivity contribution is 7.92. The van der Waals surface area contributed by atoms with Crippen LogP contribution in [-0.2, 0) is 16.6 Å². The summed E-state index contributed by atoms with van der Waals surface area (Å²) in [6.07, 6.45) is 1.42. The fourth-order valence-corrected chi connectivity index (χ4v) is 3.19. The monoisotopic (exact) mass is 302 g/mol. The molecule has 0 saturated heterocycles. The van der Waals surface area contributed by atoms with Crippen LogP contribution in [0.15, 0.2) is 23.2 Å². The maximum atomic E-state index is 12.2. The van der Waals surface area contributed by atoms with Crippen LogP contribution in [0.1, 0.15) is 11.4 Å². The number of aromatic nitrogens is 3. The van der Waals surface area contributed by atoms with Crippen molar-refractivity contribution >= 4 is 27.4 Å². The highest BCUT2D eigenvalue weighted by Crippen LogP contribution is 2.24. The summed E-state index contributed by atoms with van der Waals surface area (Å²) in [6.45, 7) is 1.05. The van der Waals surface area contributed by atoms with Crippen molar-refractivity contribution in [1.29, 1.82) is 0 Å². The SMILES string of the molecule is Cc1[nH]nc(CO)c1S(=O)(=O)Nc1ncccc1Cl. The molecule has 0 aliphatic heterocycles. The minimum absolute atomic E-state index is 0.0219. The van der Waals surface area contributed by atoms with Gasteiger partial charge in [-0.05, 0) is 19.1 Å². The number of rotatable bonds is 4. The molecule has 0 bridgehead atoms. The van der Waals surface area contributed by atoms with Crippen molar-refractivity contribution in [2.24, 2.45) is 0 Å². The molecule has 0 atom stereocenters. The Labute approximate surface area is 114 Å². The fraction of sp³-hybridized carbons (Fsp3) is 0.200. The molecule has 0 spiro atoms. The second-order valence-corrected chi connectivity index (χ2v) is 5.75. The number of sulfonamides is 1. The predicted octanol–water partition coefficient (Wildman–Crippen LogP) is 1.06. The molecule has 19 heavy (non-hydrogen) atoms. The molecular weight excluding hydrogens is 292 g/mol. The van der Waals surface area contributed by atoms with Gasteiger partial charge in [-0.15, -0.1) is 0 Å². The molecule has 2 heterocycles. The first-order chi connectivity index (χ1) is 8.95. The second kappa shape index (κ2) is 5.16. The van der Waals surface area contributed by atoms with Gasteiger partial charge in [0.1, 0.15) is 10.6 Å². The zero-order chi connectivity index (χ0) is 14.0. The molecule has 0 aromatic carbocycles. The van der Waals surface area contributed by atoms with Crippen LogP contribution in [0, 0.1) is 6.92 Å². The highest BCUT2D eigenvalue weighted by atomic mass is 35.5. The molecule has 0 radical (unpaired) electrons. The van der Waals surface area contributed by atoms with E-state index in [2.05, 4.69) is 19.9 Å². The summed E-state index contributed by atoms with van der Waals surface area (Å²) in [6, 6.07) is 3.10. The smallest absolute Gasteiger partial charge is 0.266 e. The molecule has 2 rings (SSSR count). The fourth-order valence-electron chi connectivity index (χ4n) is 1.57. The Kier molecular flexibility index (Phi) is 3.74. The van der Waals surface area contributed by atoms with Gasteiger partial charge >= 0.3 is 0 Å². The molecule has 0 aliphatic carbocycles.